The standard InChI is InChI=1S/C15H26N2O4/c1-15(21,9-13(18)19)10-16-14(20)17-8-4-6-11-5-2-3-7-12(11)17/h11-12,21H,2-10H2,1H3,(H,16,20)(H,18,19). The van der Waals surface area contributed by atoms with Gasteiger partial charge >= 0.3 is 12.0 Å². The van der Waals surface area contributed by atoms with E-state index in [1.807, 2.05) is 4.90 Å². The third kappa shape index (κ3) is 4.33. The first kappa shape index (κ1) is 16.1. The molecular weight excluding hydrogens is 272 g/mol. The second-order valence-electron chi connectivity index (χ2n) is 6.67. The number of amides is 2. The SMILES string of the molecule is CC(O)(CNC(=O)N1CCCC2CCCCC21)CC(=O)O. The third-order valence-electron chi connectivity index (χ3n) is 4.66. The van der Waals surface area contributed by atoms with E-state index < -0.39 is 11.6 Å². The van der Waals surface area contributed by atoms with Crippen LogP contribution in [0.3, 0.4) is 0 Å². The molecule has 3 atom stereocenters. The van der Waals surface area contributed by atoms with Gasteiger partial charge in [0.2, 0.25) is 0 Å². The zero-order chi connectivity index (χ0) is 15.5. The Labute approximate surface area is 125 Å². The monoisotopic (exact) mass is 298 g/mol. The molecule has 2 fully saturated rings. The highest BCUT2D eigenvalue weighted by atomic mass is 16.4. The highest BCUT2D eigenvalue weighted by Gasteiger charge is 2.36. The van der Waals surface area contributed by atoms with Gasteiger partial charge in [-0.3, -0.25) is 4.79 Å². The van der Waals surface area contributed by atoms with E-state index in [0.29, 0.717) is 12.0 Å². The molecule has 0 aromatic carbocycles. The minimum atomic E-state index is -1.41. The number of nitrogens with one attached hydrogen (secondary N) is 1. The molecule has 0 aromatic rings. The lowest BCUT2D eigenvalue weighted by molar-refractivity contribution is -0.141. The van der Waals surface area contributed by atoms with Gasteiger partial charge in [0, 0.05) is 19.1 Å². The maximum absolute atomic E-state index is 12.3. The van der Waals surface area contributed by atoms with Crippen molar-refractivity contribution >= 4 is 12.0 Å². The van der Waals surface area contributed by atoms with Crippen LogP contribution in [0.25, 0.3) is 0 Å². The van der Waals surface area contributed by atoms with Crippen LogP contribution in [-0.4, -0.2) is 51.8 Å². The maximum Gasteiger partial charge on any atom is 0.317 e. The van der Waals surface area contributed by atoms with Gasteiger partial charge in [0.1, 0.15) is 0 Å². The molecule has 0 radical (unpaired) electrons. The van der Waals surface area contributed by atoms with Gasteiger partial charge in [0.15, 0.2) is 0 Å². The van der Waals surface area contributed by atoms with E-state index in [9.17, 15) is 14.7 Å². The first-order chi connectivity index (χ1) is 9.89. The number of aliphatic carboxylic acids is 1. The predicted octanol–water partition coefficient (Wildman–Crippen LogP) is 1.58. The lowest BCUT2D eigenvalue weighted by Gasteiger charge is -2.44. The van der Waals surface area contributed by atoms with E-state index in [0.717, 1.165) is 19.4 Å². The zero-order valence-corrected chi connectivity index (χ0v) is 12.7. The molecule has 1 saturated heterocycles. The number of urea groups is 1. The molecule has 6 nitrogen and oxygen atoms in total. The van der Waals surface area contributed by atoms with Crippen molar-refractivity contribution in [2.24, 2.45) is 5.92 Å². The first-order valence-corrected chi connectivity index (χ1v) is 7.88. The Hall–Kier alpha value is -1.30. The normalized spacial score (nSPS) is 28.4. The fourth-order valence-corrected chi connectivity index (χ4v) is 3.63. The van der Waals surface area contributed by atoms with Crippen molar-refractivity contribution in [3.05, 3.63) is 0 Å². The smallest absolute Gasteiger partial charge is 0.317 e. The topological polar surface area (TPSA) is 89.9 Å². The molecule has 0 aromatic heterocycles. The zero-order valence-electron chi connectivity index (χ0n) is 12.7. The number of carboxylic acid groups (broad SMARTS) is 1. The van der Waals surface area contributed by atoms with E-state index in [1.54, 1.807) is 0 Å². The lowest BCUT2D eigenvalue weighted by Crippen LogP contribution is -2.55. The van der Waals surface area contributed by atoms with Crippen molar-refractivity contribution in [3.63, 3.8) is 0 Å². The number of hydrogen-bond donors (Lipinski definition) is 3. The summed E-state index contributed by atoms with van der Waals surface area (Å²) >= 11 is 0. The number of nitrogens with zero attached hydrogens (tertiary/aromatic N) is 1. The quantitative estimate of drug-likeness (QED) is 0.735. The second kappa shape index (κ2) is 6.64. The molecule has 2 rings (SSSR count). The van der Waals surface area contributed by atoms with Crippen LogP contribution in [-0.2, 0) is 4.79 Å². The molecule has 1 aliphatic carbocycles. The van der Waals surface area contributed by atoms with E-state index in [2.05, 4.69) is 5.32 Å². The Bertz CT molecular complexity index is 395. The summed E-state index contributed by atoms with van der Waals surface area (Å²) in [7, 11) is 0. The first-order valence-electron chi connectivity index (χ1n) is 7.88. The molecule has 3 N–H and O–H groups in total. The number of carbonyl (C=O) groups is 2. The molecule has 120 valence electrons. The minimum Gasteiger partial charge on any atom is -0.481 e. The van der Waals surface area contributed by atoms with E-state index in [-0.39, 0.29) is 19.0 Å². The van der Waals surface area contributed by atoms with Crippen molar-refractivity contribution in [1.82, 2.24) is 10.2 Å². The molecular formula is C15H26N2O4. The summed E-state index contributed by atoms with van der Waals surface area (Å²) in [6.45, 7) is 2.15. The average molecular weight is 298 g/mol. The summed E-state index contributed by atoms with van der Waals surface area (Å²) in [5.74, 6) is -0.461. The van der Waals surface area contributed by atoms with Crippen LogP contribution in [0.1, 0.15) is 51.9 Å². The molecule has 1 saturated carbocycles. The Balaban J connectivity index is 1.88. The summed E-state index contributed by atoms with van der Waals surface area (Å²) in [6.07, 6.45) is 6.53. The van der Waals surface area contributed by atoms with Gasteiger partial charge in [-0.05, 0) is 38.5 Å². The molecule has 3 unspecified atom stereocenters. The van der Waals surface area contributed by atoms with Crippen LogP contribution < -0.4 is 5.32 Å². The molecule has 6 heteroatoms. The molecule has 2 amide bonds. The number of piperidine rings is 1. The molecule has 0 bridgehead atoms. The summed E-state index contributed by atoms with van der Waals surface area (Å²) in [5.41, 5.74) is -1.41. The Morgan fingerprint density at radius 2 is 1.90 bits per heavy atom. The number of carboxylic acids is 1. The largest absolute Gasteiger partial charge is 0.481 e. The van der Waals surface area contributed by atoms with Gasteiger partial charge in [0.05, 0.1) is 12.0 Å². The maximum atomic E-state index is 12.3. The third-order valence-corrected chi connectivity index (χ3v) is 4.66. The van der Waals surface area contributed by atoms with Crippen LogP contribution in [0.4, 0.5) is 4.79 Å². The van der Waals surface area contributed by atoms with Crippen LogP contribution in [0.2, 0.25) is 0 Å². The highest BCUT2D eigenvalue weighted by Crippen LogP contribution is 2.35. The minimum absolute atomic E-state index is 0.0357. The molecule has 2 aliphatic rings. The summed E-state index contributed by atoms with van der Waals surface area (Å²) in [4.78, 5) is 24.9. The van der Waals surface area contributed by atoms with E-state index in [1.165, 1.54) is 32.6 Å². The lowest BCUT2D eigenvalue weighted by atomic mass is 9.78. The van der Waals surface area contributed by atoms with E-state index in [4.69, 9.17) is 5.11 Å². The van der Waals surface area contributed by atoms with Crippen molar-refractivity contribution in [2.45, 2.75) is 63.5 Å². The Morgan fingerprint density at radius 1 is 1.24 bits per heavy atom. The van der Waals surface area contributed by atoms with Crippen LogP contribution in [0.5, 0.6) is 0 Å². The van der Waals surface area contributed by atoms with Crippen molar-refractivity contribution < 1.29 is 19.8 Å². The number of carbonyl (C=O) groups excluding carboxylic acids is 1. The number of likely N-dealkylation sites (tertiary alicyclic amines) is 1. The van der Waals surface area contributed by atoms with Crippen LogP contribution in [0.15, 0.2) is 0 Å². The summed E-state index contributed by atoms with van der Waals surface area (Å²) in [6, 6.07) is 0.147. The van der Waals surface area contributed by atoms with Crippen LogP contribution >= 0.6 is 0 Å². The fourth-order valence-electron chi connectivity index (χ4n) is 3.63. The van der Waals surface area contributed by atoms with E-state index >= 15 is 0 Å². The highest BCUT2D eigenvalue weighted by molar-refractivity contribution is 5.75. The Kier molecular flexibility index (Phi) is 5.08. The van der Waals surface area contributed by atoms with Gasteiger partial charge in [-0.2, -0.15) is 0 Å². The number of aliphatic hydroxyl groups is 1. The summed E-state index contributed by atoms with van der Waals surface area (Å²) in [5, 5.41) is 21.4. The number of fused-ring (bicyclic) bond motifs is 1. The second-order valence-corrected chi connectivity index (χ2v) is 6.67. The average Bonchev–Trinajstić information content (AvgIpc) is 2.43. The molecule has 1 heterocycles. The fraction of sp³-hybridized carbons (Fsp3) is 0.867. The van der Waals surface area contributed by atoms with Gasteiger partial charge in [0.25, 0.3) is 0 Å². The molecule has 1 aliphatic heterocycles. The Morgan fingerprint density at radius 3 is 2.62 bits per heavy atom. The van der Waals surface area contributed by atoms with Crippen LogP contribution in [0, 0.1) is 5.92 Å². The van der Waals surface area contributed by atoms with Crippen molar-refractivity contribution in [3.8, 4) is 0 Å². The van der Waals surface area contributed by atoms with Crippen molar-refractivity contribution in [1.29, 1.82) is 0 Å². The van der Waals surface area contributed by atoms with Gasteiger partial charge in [-0.15, -0.1) is 0 Å². The van der Waals surface area contributed by atoms with Gasteiger partial charge in [-0.1, -0.05) is 12.8 Å². The number of rotatable bonds is 4. The molecule has 21 heavy (non-hydrogen) atoms. The molecule has 0 spiro atoms. The van der Waals surface area contributed by atoms with Gasteiger partial charge in [-0.25, -0.2) is 4.79 Å². The van der Waals surface area contributed by atoms with Crippen molar-refractivity contribution in [2.75, 3.05) is 13.1 Å². The predicted molar refractivity (Wildman–Crippen MR) is 78.0 cm³/mol. The van der Waals surface area contributed by atoms with Gasteiger partial charge < -0.3 is 20.4 Å². The summed E-state index contributed by atoms with van der Waals surface area (Å²) < 4.78 is 0. The number of hydrogen-bond acceptors (Lipinski definition) is 3.